The molecular weight excluding hydrogens is 251 g/mol. The van der Waals surface area contributed by atoms with E-state index in [1.807, 2.05) is 18.4 Å². The van der Waals surface area contributed by atoms with Gasteiger partial charge in [-0.3, -0.25) is 0 Å². The van der Waals surface area contributed by atoms with Gasteiger partial charge in [0.05, 0.1) is 22.4 Å². The van der Waals surface area contributed by atoms with E-state index in [1.54, 1.807) is 0 Å². The van der Waals surface area contributed by atoms with E-state index in [1.165, 1.54) is 0 Å². The van der Waals surface area contributed by atoms with Crippen molar-refractivity contribution in [3.63, 3.8) is 0 Å². The molecule has 3 heterocycles. The van der Waals surface area contributed by atoms with E-state index in [2.05, 4.69) is 51.0 Å². The van der Waals surface area contributed by atoms with Gasteiger partial charge in [-0.05, 0) is 65.2 Å². The Hall–Kier alpha value is -1.33. The monoisotopic (exact) mass is 272 g/mol. The number of rotatable bonds is 1. The molecule has 0 bridgehead atoms. The Morgan fingerprint density at radius 2 is 1.60 bits per heavy atom. The molecule has 1 saturated heterocycles. The minimum atomic E-state index is -0.320. The second-order valence-corrected chi connectivity index (χ2v) is 6.64. The molecule has 0 N–H and O–H groups in total. The molecule has 1 fully saturated rings. The van der Waals surface area contributed by atoms with Crippen molar-refractivity contribution < 1.29 is 9.31 Å². The van der Waals surface area contributed by atoms with Gasteiger partial charge < -0.3 is 9.31 Å². The summed E-state index contributed by atoms with van der Waals surface area (Å²) in [6.07, 6.45) is 0. The average Bonchev–Trinajstić information content (AvgIpc) is 2.77. The summed E-state index contributed by atoms with van der Waals surface area (Å²) in [7, 11) is -0.320. The maximum absolute atomic E-state index is 6.11. The van der Waals surface area contributed by atoms with E-state index in [0.29, 0.717) is 0 Å². The van der Waals surface area contributed by atoms with Gasteiger partial charge in [-0.15, -0.1) is 0 Å². The molecule has 0 aliphatic carbocycles. The molecular formula is C15H21BN2O2. The zero-order valence-corrected chi connectivity index (χ0v) is 13.0. The highest BCUT2D eigenvalue weighted by atomic mass is 16.7. The Labute approximate surface area is 120 Å². The number of aryl methyl sites for hydroxylation is 2. The summed E-state index contributed by atoms with van der Waals surface area (Å²) >= 11 is 0. The second kappa shape index (κ2) is 4.09. The quantitative estimate of drug-likeness (QED) is 0.747. The highest BCUT2D eigenvalue weighted by Crippen LogP contribution is 2.36. The van der Waals surface area contributed by atoms with E-state index in [9.17, 15) is 0 Å². The largest absolute Gasteiger partial charge is 0.494 e. The van der Waals surface area contributed by atoms with Gasteiger partial charge in [0.2, 0.25) is 0 Å². The normalized spacial score (nSPS) is 20.8. The Morgan fingerprint density at radius 3 is 2.20 bits per heavy atom. The standard InChI is InChI=1S/C15H21BN2O2/c1-10-7-13-9-12(8-11(2)18(13)17-10)16-19-14(3,4)15(5,6)20-16/h7-9H,1-6H3. The number of hydrogen-bond donors (Lipinski definition) is 0. The molecule has 2 aromatic heterocycles. The molecule has 0 aromatic carbocycles. The molecule has 0 atom stereocenters. The minimum Gasteiger partial charge on any atom is -0.399 e. The van der Waals surface area contributed by atoms with Crippen LogP contribution in [0.25, 0.3) is 5.52 Å². The zero-order valence-electron chi connectivity index (χ0n) is 13.0. The van der Waals surface area contributed by atoms with Gasteiger partial charge in [0.25, 0.3) is 0 Å². The number of aromatic nitrogens is 2. The summed E-state index contributed by atoms with van der Waals surface area (Å²) in [6.45, 7) is 12.3. The summed E-state index contributed by atoms with van der Waals surface area (Å²) in [4.78, 5) is 0. The fraction of sp³-hybridized carbons (Fsp3) is 0.533. The van der Waals surface area contributed by atoms with Crippen molar-refractivity contribution in [1.29, 1.82) is 0 Å². The van der Waals surface area contributed by atoms with Crippen LogP contribution in [0.5, 0.6) is 0 Å². The van der Waals surface area contributed by atoms with E-state index >= 15 is 0 Å². The van der Waals surface area contributed by atoms with Crippen LogP contribution in [0, 0.1) is 13.8 Å². The highest BCUT2D eigenvalue weighted by molar-refractivity contribution is 6.62. The van der Waals surface area contributed by atoms with E-state index in [0.717, 1.165) is 22.4 Å². The Bertz CT molecular complexity index is 660. The topological polar surface area (TPSA) is 35.8 Å². The summed E-state index contributed by atoms with van der Waals surface area (Å²) in [5, 5.41) is 4.47. The lowest BCUT2D eigenvalue weighted by atomic mass is 9.79. The maximum atomic E-state index is 6.11. The lowest BCUT2D eigenvalue weighted by molar-refractivity contribution is 0.00578. The van der Waals surface area contributed by atoms with Gasteiger partial charge in [-0.2, -0.15) is 5.10 Å². The third-order valence-corrected chi connectivity index (χ3v) is 4.41. The summed E-state index contributed by atoms with van der Waals surface area (Å²) in [5.74, 6) is 0. The van der Waals surface area contributed by atoms with Gasteiger partial charge >= 0.3 is 7.12 Å². The predicted octanol–water partition coefficient (Wildman–Crippen LogP) is 2.25. The molecule has 1 aliphatic heterocycles. The Balaban J connectivity index is 2.04. The lowest BCUT2D eigenvalue weighted by Gasteiger charge is -2.32. The summed E-state index contributed by atoms with van der Waals surface area (Å²) in [6, 6.07) is 6.25. The number of hydrogen-bond acceptors (Lipinski definition) is 3. The molecule has 20 heavy (non-hydrogen) atoms. The van der Waals surface area contributed by atoms with Crippen molar-refractivity contribution in [1.82, 2.24) is 9.61 Å². The number of fused-ring (bicyclic) bond motifs is 1. The SMILES string of the molecule is Cc1cc2cc(B3OC(C)(C)C(C)(C)O3)cc(C)n2n1. The van der Waals surface area contributed by atoms with Crippen LogP contribution >= 0.6 is 0 Å². The molecule has 2 aromatic rings. The fourth-order valence-corrected chi connectivity index (χ4v) is 2.53. The number of pyridine rings is 1. The third-order valence-electron chi connectivity index (χ3n) is 4.41. The van der Waals surface area contributed by atoms with Crippen molar-refractivity contribution in [2.24, 2.45) is 0 Å². The zero-order chi connectivity index (χ0) is 14.7. The van der Waals surface area contributed by atoms with Crippen molar-refractivity contribution >= 4 is 18.1 Å². The molecule has 4 nitrogen and oxygen atoms in total. The van der Waals surface area contributed by atoms with Crippen LogP contribution in [0.2, 0.25) is 0 Å². The maximum Gasteiger partial charge on any atom is 0.494 e. The first-order valence-corrected chi connectivity index (χ1v) is 7.02. The van der Waals surface area contributed by atoms with Crippen LogP contribution in [0.4, 0.5) is 0 Å². The van der Waals surface area contributed by atoms with Gasteiger partial charge in [0, 0.05) is 5.69 Å². The molecule has 0 amide bonds. The van der Waals surface area contributed by atoms with Crippen molar-refractivity contribution in [3.8, 4) is 0 Å². The summed E-state index contributed by atoms with van der Waals surface area (Å²) in [5.41, 5.74) is 3.60. The molecule has 0 spiro atoms. The third kappa shape index (κ3) is 1.96. The average molecular weight is 272 g/mol. The van der Waals surface area contributed by atoms with Crippen LogP contribution in [0.1, 0.15) is 39.1 Å². The Kier molecular flexibility index (Phi) is 2.79. The first-order chi connectivity index (χ1) is 9.19. The van der Waals surface area contributed by atoms with Crippen molar-refractivity contribution in [2.75, 3.05) is 0 Å². The van der Waals surface area contributed by atoms with Crippen LogP contribution < -0.4 is 5.46 Å². The van der Waals surface area contributed by atoms with Gasteiger partial charge in [-0.1, -0.05) is 0 Å². The molecule has 106 valence electrons. The van der Waals surface area contributed by atoms with E-state index in [4.69, 9.17) is 9.31 Å². The first-order valence-electron chi connectivity index (χ1n) is 7.02. The summed E-state index contributed by atoms with van der Waals surface area (Å²) < 4.78 is 14.2. The van der Waals surface area contributed by atoms with Crippen LogP contribution in [-0.2, 0) is 9.31 Å². The van der Waals surface area contributed by atoms with Crippen LogP contribution in [0.15, 0.2) is 18.2 Å². The van der Waals surface area contributed by atoms with Crippen molar-refractivity contribution in [3.05, 3.63) is 29.6 Å². The smallest absolute Gasteiger partial charge is 0.399 e. The van der Waals surface area contributed by atoms with E-state index in [-0.39, 0.29) is 18.3 Å². The Morgan fingerprint density at radius 1 is 1.00 bits per heavy atom. The number of nitrogens with zero attached hydrogens (tertiary/aromatic N) is 2. The molecule has 0 saturated carbocycles. The predicted molar refractivity (Wildman–Crippen MR) is 80.4 cm³/mol. The molecule has 5 heteroatoms. The molecule has 3 rings (SSSR count). The molecule has 0 radical (unpaired) electrons. The molecule has 0 unspecified atom stereocenters. The highest BCUT2D eigenvalue weighted by Gasteiger charge is 2.51. The van der Waals surface area contributed by atoms with Crippen LogP contribution in [-0.4, -0.2) is 27.9 Å². The molecule has 1 aliphatic rings. The van der Waals surface area contributed by atoms with Crippen LogP contribution in [0.3, 0.4) is 0 Å². The second-order valence-electron chi connectivity index (χ2n) is 6.64. The fourth-order valence-electron chi connectivity index (χ4n) is 2.53. The lowest BCUT2D eigenvalue weighted by Crippen LogP contribution is -2.41. The van der Waals surface area contributed by atoms with Crippen molar-refractivity contribution in [2.45, 2.75) is 52.7 Å². The van der Waals surface area contributed by atoms with Gasteiger partial charge in [0.15, 0.2) is 0 Å². The first kappa shape index (κ1) is 13.6. The van der Waals surface area contributed by atoms with Gasteiger partial charge in [-0.25, -0.2) is 4.52 Å². The van der Waals surface area contributed by atoms with E-state index < -0.39 is 0 Å². The van der Waals surface area contributed by atoms with Gasteiger partial charge in [0.1, 0.15) is 0 Å². The minimum absolute atomic E-state index is 0.312.